The van der Waals surface area contributed by atoms with Gasteiger partial charge in [-0.15, -0.1) is 0 Å². The number of nitrogens with zero attached hydrogens (tertiary/aromatic N) is 2. The molecule has 68 heavy (non-hydrogen) atoms. The minimum atomic E-state index is -0.986. The van der Waals surface area contributed by atoms with Crippen LogP contribution < -0.4 is 60.9 Å². The van der Waals surface area contributed by atoms with Crippen molar-refractivity contribution in [3.63, 3.8) is 0 Å². The topological polar surface area (TPSA) is 191 Å². The maximum Gasteiger partial charge on any atom is 1.00 e. The molecule has 2 unspecified atom stereocenters. The number of aromatic carboxylic acids is 1. The number of carboxylic acids is 1. The van der Waals surface area contributed by atoms with E-state index in [0.717, 1.165) is 40.3 Å². The molecule has 0 bridgehead atoms. The number of esters is 1. The van der Waals surface area contributed by atoms with Gasteiger partial charge in [0, 0.05) is 5.33 Å². The van der Waals surface area contributed by atoms with Crippen LogP contribution in [0.15, 0.2) is 146 Å². The van der Waals surface area contributed by atoms with E-state index >= 15 is 0 Å². The summed E-state index contributed by atoms with van der Waals surface area (Å²) < 4.78 is 11.4. The number of hydrogen-bond acceptors (Lipinski definition) is 9. The van der Waals surface area contributed by atoms with E-state index in [-0.39, 0.29) is 73.9 Å². The Hall–Kier alpha value is -5.28. The fourth-order valence-corrected chi connectivity index (χ4v) is 7.08. The summed E-state index contributed by atoms with van der Waals surface area (Å²) in [5.41, 5.74) is 5.98. The Labute approximate surface area is 453 Å². The molecule has 0 fully saturated rings. The molecule has 0 aliphatic heterocycles. The van der Waals surface area contributed by atoms with Crippen molar-refractivity contribution in [2.24, 2.45) is 11.8 Å². The summed E-state index contributed by atoms with van der Waals surface area (Å²) in [6.07, 6.45) is 10.2. The largest absolute Gasteiger partial charge is 1.00 e. The predicted octanol–water partition coefficient (Wildman–Crippen LogP) is 11.5. The molecule has 6 rings (SSSR count). The van der Waals surface area contributed by atoms with Crippen LogP contribution in [0.1, 0.15) is 111 Å². The van der Waals surface area contributed by atoms with Gasteiger partial charge in [0.15, 0.2) is 0 Å². The quantitative estimate of drug-likeness (QED) is 0.0343. The fourth-order valence-electron chi connectivity index (χ4n) is 6.30. The molecule has 0 spiro atoms. The summed E-state index contributed by atoms with van der Waals surface area (Å²) in [5.74, 6) is 1.67. The number of carbonyl (C=O) groups excluding carboxylic acids is 1. The van der Waals surface area contributed by atoms with E-state index in [9.17, 15) is 9.59 Å². The average Bonchev–Trinajstić information content (AvgIpc) is 3.36. The number of alkyl halides is 1. The van der Waals surface area contributed by atoms with Crippen molar-refractivity contribution in [1.29, 1.82) is 10.5 Å². The van der Waals surface area contributed by atoms with Gasteiger partial charge in [0.25, 0.3) is 0 Å². The first-order valence-electron chi connectivity index (χ1n) is 22.4. The summed E-state index contributed by atoms with van der Waals surface area (Å²) in [6, 6.07) is 45.7. The Morgan fingerprint density at radius 1 is 0.559 bits per heavy atom. The van der Waals surface area contributed by atoms with Gasteiger partial charge in [-0.2, -0.15) is 10.5 Å². The summed E-state index contributed by atoms with van der Waals surface area (Å²) >= 11 is 3.51. The molecule has 0 aromatic heterocycles. The van der Waals surface area contributed by atoms with E-state index in [1.165, 1.54) is 74.5 Å². The zero-order valence-electron chi connectivity index (χ0n) is 39.8. The zero-order chi connectivity index (χ0) is 48.1. The molecule has 0 amide bonds. The molecule has 0 heterocycles. The second kappa shape index (κ2) is 34.9. The van der Waals surface area contributed by atoms with E-state index in [1.54, 1.807) is 60.7 Å². The molecule has 10 nitrogen and oxygen atoms in total. The van der Waals surface area contributed by atoms with Crippen LogP contribution in [-0.4, -0.2) is 44.7 Å². The van der Waals surface area contributed by atoms with Gasteiger partial charge in [0.1, 0.15) is 23.0 Å². The Morgan fingerprint density at radius 2 is 0.926 bits per heavy atom. The predicted molar refractivity (Wildman–Crippen MR) is 269 cm³/mol. The van der Waals surface area contributed by atoms with Crippen molar-refractivity contribution < 1.29 is 91.2 Å². The normalized spacial score (nSPS) is 10.6. The molecule has 0 saturated heterocycles. The molecule has 12 heteroatoms. The molecule has 2 atom stereocenters. The molecule has 0 saturated carbocycles. The maximum atomic E-state index is 12.5. The van der Waals surface area contributed by atoms with Gasteiger partial charge in [0.05, 0.1) is 41.0 Å². The van der Waals surface area contributed by atoms with Crippen molar-refractivity contribution in [3.05, 3.63) is 168 Å². The number of halogens is 1. The van der Waals surface area contributed by atoms with Gasteiger partial charge in [-0.25, -0.2) is 9.59 Å². The third-order valence-electron chi connectivity index (χ3n) is 10.6. The van der Waals surface area contributed by atoms with Crippen LogP contribution in [0.25, 0.3) is 22.3 Å². The van der Waals surface area contributed by atoms with E-state index in [1.807, 2.05) is 60.7 Å². The maximum absolute atomic E-state index is 12.5. The van der Waals surface area contributed by atoms with Crippen LogP contribution in [0.2, 0.25) is 0 Å². The number of unbranched alkanes of at least 4 members (excludes halogenated alkanes) is 2. The third-order valence-corrected chi connectivity index (χ3v) is 11.5. The number of phenolic OH excluding ortho intramolecular Hbond substituents is 2. The number of phenols is 2. The molecule has 0 aliphatic carbocycles. The summed E-state index contributed by atoms with van der Waals surface area (Å²) in [6.45, 7) is 9.61. The molecular weight excluding hydrogens is 948 g/mol. The number of carboxylic acid groups (broad SMARTS) is 1. The average molecular weight is 1010 g/mol. The number of ether oxygens (including phenoxy) is 2. The van der Waals surface area contributed by atoms with Crippen LogP contribution in [-0.2, 0) is 0 Å². The SMILES string of the molecule is CCCCC(CC)CBr.CCCCC(CC)COc1ccc(C(=O)Oc2ccc(-c3ccc(C#N)cc3)cc2)cc1.N#Cc1ccc(-c2ccc(O)cc2)cc1.O=C(O)c1ccc(O)cc1.[K+].[OH-]. The standard InChI is InChI=1S/C28H29NO3.C13H9NO.C8H17Br.C7H6O3.K.H2O/c1-3-5-6-21(4-2)20-31-26-15-13-25(14-16-26)28(30)32-27-17-11-24(12-18-27)23-9-7-22(19-29)8-10-23;14-9-10-1-3-11(4-2-10)12-5-7-13(15)8-6-12;1-3-5-6-8(4-2)7-9;8-6-3-1-5(2-4-6)7(9)10;;/h7-18,21H,3-6,20H2,1-2H3;1-8,15H;8H,3-7H2,1-2H3;1-4,8H,(H,9,10);;1H2/q;;;;+1;/p-1. The monoisotopic (exact) mass is 1010 g/mol. The van der Waals surface area contributed by atoms with E-state index in [2.05, 4.69) is 55.8 Å². The Bertz CT molecular complexity index is 2400. The second-order valence-electron chi connectivity index (χ2n) is 15.5. The van der Waals surface area contributed by atoms with Gasteiger partial charge in [-0.1, -0.05) is 131 Å². The number of aromatic hydroxyl groups is 2. The molecule has 6 aromatic carbocycles. The Morgan fingerprint density at radius 3 is 1.31 bits per heavy atom. The first-order valence-corrected chi connectivity index (χ1v) is 23.5. The van der Waals surface area contributed by atoms with Gasteiger partial charge in [-0.05, 0) is 144 Å². The van der Waals surface area contributed by atoms with Crippen LogP contribution in [0.3, 0.4) is 0 Å². The number of carbonyl (C=O) groups is 2. The van der Waals surface area contributed by atoms with Gasteiger partial charge < -0.3 is 30.3 Å². The minimum Gasteiger partial charge on any atom is -0.870 e. The van der Waals surface area contributed by atoms with Gasteiger partial charge in [0.2, 0.25) is 0 Å². The van der Waals surface area contributed by atoms with Crippen molar-refractivity contribution in [3.8, 4) is 57.4 Å². The molecule has 352 valence electrons. The van der Waals surface area contributed by atoms with Crippen molar-refractivity contribution >= 4 is 27.9 Å². The minimum absolute atomic E-state index is 0. The Kier molecular flexibility index (Phi) is 31.2. The van der Waals surface area contributed by atoms with E-state index in [4.69, 9.17) is 35.3 Å². The number of hydrogen-bond donors (Lipinski definition) is 3. The van der Waals surface area contributed by atoms with Crippen LogP contribution in [0.5, 0.6) is 23.0 Å². The van der Waals surface area contributed by atoms with Crippen molar-refractivity contribution in [2.45, 2.75) is 79.1 Å². The fraction of sp³-hybridized carbons (Fsp3) is 0.286. The summed E-state index contributed by atoms with van der Waals surface area (Å²) in [4.78, 5) is 22.7. The van der Waals surface area contributed by atoms with Crippen LogP contribution in [0.4, 0.5) is 0 Å². The van der Waals surface area contributed by atoms with Gasteiger partial charge >= 0.3 is 63.3 Å². The summed E-state index contributed by atoms with van der Waals surface area (Å²) in [7, 11) is 0. The summed E-state index contributed by atoms with van der Waals surface area (Å²) in [5, 5.41) is 45.0. The molecule has 6 aromatic rings. The van der Waals surface area contributed by atoms with E-state index < -0.39 is 11.9 Å². The molecule has 0 aliphatic rings. The van der Waals surface area contributed by atoms with E-state index in [0.29, 0.717) is 35.0 Å². The van der Waals surface area contributed by atoms with Crippen LogP contribution >= 0.6 is 15.9 Å². The van der Waals surface area contributed by atoms with Crippen molar-refractivity contribution in [2.75, 3.05) is 11.9 Å². The molecule has 0 radical (unpaired) electrons. The number of nitriles is 2. The first-order chi connectivity index (χ1) is 32.0. The number of rotatable bonds is 17. The molecule has 4 N–H and O–H groups in total. The third kappa shape index (κ3) is 22.7. The Balaban J connectivity index is 0.000000528. The van der Waals surface area contributed by atoms with Gasteiger partial charge in [-0.3, -0.25) is 0 Å². The van der Waals surface area contributed by atoms with Crippen molar-refractivity contribution in [1.82, 2.24) is 0 Å². The zero-order valence-corrected chi connectivity index (χ0v) is 44.5. The first kappa shape index (κ1) is 60.7. The smallest absolute Gasteiger partial charge is 0.870 e. The van der Waals surface area contributed by atoms with Crippen LogP contribution in [0, 0.1) is 34.5 Å². The number of benzene rings is 6. The molecular formula is C56H62BrKN2O8. The second-order valence-corrected chi connectivity index (χ2v) is 16.2.